The van der Waals surface area contributed by atoms with Gasteiger partial charge in [0.15, 0.2) is 11.6 Å². The van der Waals surface area contributed by atoms with Gasteiger partial charge in [-0.05, 0) is 54.6 Å². The summed E-state index contributed by atoms with van der Waals surface area (Å²) in [6.07, 6.45) is 0. The van der Waals surface area contributed by atoms with Crippen LogP contribution in [0.5, 0.6) is 0 Å². The average Bonchev–Trinajstić information content (AvgIpc) is 2.95. The monoisotopic (exact) mass is 378 g/mol. The van der Waals surface area contributed by atoms with Crippen molar-refractivity contribution in [1.82, 2.24) is 0 Å². The molecule has 28 heavy (non-hydrogen) atoms. The molecule has 1 aliphatic heterocycles. The van der Waals surface area contributed by atoms with Crippen LogP contribution in [0, 0.1) is 11.6 Å². The molecular weight excluding hydrogens is 366 g/mol. The van der Waals surface area contributed by atoms with Crippen LogP contribution < -0.4 is 10.2 Å². The van der Waals surface area contributed by atoms with Crippen molar-refractivity contribution >= 4 is 29.1 Å². The van der Waals surface area contributed by atoms with Crippen LogP contribution in [0.4, 0.5) is 20.2 Å². The highest BCUT2D eigenvalue weighted by molar-refractivity contribution is 6.34. The Hall–Kier alpha value is -3.87. The number of nitrogens with zero attached hydrogens (tertiary/aromatic N) is 1. The Bertz CT molecular complexity index is 1090. The molecule has 5 nitrogen and oxygen atoms in total. The molecular formula is C21H12F2N2O3. The van der Waals surface area contributed by atoms with Crippen molar-refractivity contribution in [2.24, 2.45) is 0 Å². The fourth-order valence-corrected chi connectivity index (χ4v) is 2.96. The van der Waals surface area contributed by atoms with Crippen molar-refractivity contribution in [3.8, 4) is 0 Å². The lowest BCUT2D eigenvalue weighted by Crippen LogP contribution is -2.29. The maximum Gasteiger partial charge on any atom is 0.266 e. The number of benzene rings is 3. The molecule has 0 saturated carbocycles. The summed E-state index contributed by atoms with van der Waals surface area (Å²) in [6.45, 7) is 0. The molecule has 138 valence electrons. The van der Waals surface area contributed by atoms with Crippen molar-refractivity contribution in [3.63, 3.8) is 0 Å². The van der Waals surface area contributed by atoms with E-state index in [1.807, 2.05) is 0 Å². The third kappa shape index (κ3) is 2.92. The number of fused-ring (bicyclic) bond motifs is 1. The lowest BCUT2D eigenvalue weighted by molar-refractivity contribution is 0.0924. The van der Waals surface area contributed by atoms with Gasteiger partial charge in [-0.15, -0.1) is 0 Å². The van der Waals surface area contributed by atoms with Gasteiger partial charge in [-0.2, -0.15) is 0 Å². The number of anilines is 2. The lowest BCUT2D eigenvalue weighted by Gasteiger charge is -2.14. The molecule has 0 atom stereocenters. The minimum Gasteiger partial charge on any atom is -0.322 e. The van der Waals surface area contributed by atoms with E-state index in [-0.39, 0.29) is 5.56 Å². The van der Waals surface area contributed by atoms with Gasteiger partial charge in [-0.25, -0.2) is 13.7 Å². The van der Waals surface area contributed by atoms with E-state index >= 15 is 0 Å². The highest BCUT2D eigenvalue weighted by Crippen LogP contribution is 2.29. The third-order valence-electron chi connectivity index (χ3n) is 4.36. The first-order valence-corrected chi connectivity index (χ1v) is 8.30. The van der Waals surface area contributed by atoms with Gasteiger partial charge in [0.05, 0.1) is 16.8 Å². The van der Waals surface area contributed by atoms with E-state index in [4.69, 9.17) is 0 Å². The molecule has 1 heterocycles. The first-order valence-electron chi connectivity index (χ1n) is 8.30. The first-order chi connectivity index (χ1) is 13.5. The van der Waals surface area contributed by atoms with E-state index in [9.17, 15) is 23.2 Å². The number of nitrogens with one attached hydrogen (secondary N) is 1. The molecule has 1 N–H and O–H groups in total. The molecule has 0 aliphatic carbocycles. The number of hydrogen-bond acceptors (Lipinski definition) is 3. The molecule has 0 unspecified atom stereocenters. The molecule has 7 heteroatoms. The number of amides is 3. The van der Waals surface area contributed by atoms with Gasteiger partial charge < -0.3 is 5.32 Å². The molecule has 3 aromatic rings. The van der Waals surface area contributed by atoms with Crippen LogP contribution in [0.1, 0.15) is 31.1 Å². The second kappa shape index (κ2) is 6.70. The standard InChI is InChI=1S/C21H12F2N2O3/c22-17-10-5-12(11-18(17)23)19(26)24-13-6-8-14(9-7-13)25-20(27)15-3-1-2-4-16(15)21(25)28/h1-11H,(H,24,26). The highest BCUT2D eigenvalue weighted by Gasteiger charge is 2.36. The predicted octanol–water partition coefficient (Wildman–Crippen LogP) is 4.02. The fourth-order valence-electron chi connectivity index (χ4n) is 2.96. The van der Waals surface area contributed by atoms with Crippen LogP contribution in [0.15, 0.2) is 66.7 Å². The van der Waals surface area contributed by atoms with Crippen LogP contribution in [0.2, 0.25) is 0 Å². The molecule has 0 aromatic heterocycles. The Morgan fingerprint density at radius 2 is 1.39 bits per heavy atom. The van der Waals surface area contributed by atoms with Gasteiger partial charge in [-0.1, -0.05) is 12.1 Å². The van der Waals surface area contributed by atoms with Crippen LogP contribution in [-0.2, 0) is 0 Å². The van der Waals surface area contributed by atoms with Crippen molar-refractivity contribution < 1.29 is 23.2 Å². The van der Waals surface area contributed by atoms with Gasteiger partial charge >= 0.3 is 0 Å². The van der Waals surface area contributed by atoms with Crippen molar-refractivity contribution in [1.29, 1.82) is 0 Å². The number of rotatable bonds is 3. The number of imide groups is 1. The summed E-state index contributed by atoms with van der Waals surface area (Å²) in [5.74, 6) is -3.61. The third-order valence-corrected chi connectivity index (χ3v) is 4.36. The molecule has 1 aliphatic rings. The predicted molar refractivity (Wildman–Crippen MR) is 98.3 cm³/mol. The normalized spacial score (nSPS) is 12.9. The van der Waals surface area contributed by atoms with E-state index in [1.165, 1.54) is 30.3 Å². The van der Waals surface area contributed by atoms with E-state index in [2.05, 4.69) is 5.32 Å². The lowest BCUT2D eigenvalue weighted by atomic mass is 10.1. The van der Waals surface area contributed by atoms with E-state index < -0.39 is 29.4 Å². The Kier molecular flexibility index (Phi) is 4.19. The second-order valence-corrected chi connectivity index (χ2v) is 6.12. The summed E-state index contributed by atoms with van der Waals surface area (Å²) in [6, 6.07) is 15.4. The van der Waals surface area contributed by atoms with Gasteiger partial charge in [0.2, 0.25) is 0 Å². The van der Waals surface area contributed by atoms with Crippen molar-refractivity contribution in [2.75, 3.05) is 10.2 Å². The Morgan fingerprint density at radius 1 is 0.786 bits per heavy atom. The zero-order chi connectivity index (χ0) is 19.8. The Labute approximate surface area is 158 Å². The van der Waals surface area contributed by atoms with Crippen LogP contribution in [0.3, 0.4) is 0 Å². The fraction of sp³-hybridized carbons (Fsp3) is 0. The summed E-state index contributed by atoms with van der Waals surface area (Å²) < 4.78 is 26.2. The zero-order valence-corrected chi connectivity index (χ0v) is 14.3. The molecule has 0 radical (unpaired) electrons. The Balaban J connectivity index is 1.53. The molecule has 0 bridgehead atoms. The summed E-state index contributed by atoms with van der Waals surface area (Å²) in [5.41, 5.74) is 1.36. The average molecular weight is 378 g/mol. The molecule has 0 saturated heterocycles. The summed E-state index contributed by atoms with van der Waals surface area (Å²) in [5, 5.41) is 2.55. The van der Waals surface area contributed by atoms with Crippen molar-refractivity contribution in [3.05, 3.63) is 95.1 Å². The molecule has 3 aromatic carbocycles. The van der Waals surface area contributed by atoms with Gasteiger partial charge in [0, 0.05) is 11.3 Å². The van der Waals surface area contributed by atoms with E-state index in [1.54, 1.807) is 24.3 Å². The van der Waals surface area contributed by atoms with Crippen LogP contribution in [0.25, 0.3) is 0 Å². The van der Waals surface area contributed by atoms with Crippen LogP contribution >= 0.6 is 0 Å². The topological polar surface area (TPSA) is 66.5 Å². The largest absolute Gasteiger partial charge is 0.322 e. The number of carbonyl (C=O) groups is 3. The first kappa shape index (κ1) is 17.5. The maximum atomic E-state index is 13.3. The van der Waals surface area contributed by atoms with Gasteiger partial charge in [0.1, 0.15) is 0 Å². The van der Waals surface area contributed by atoms with Gasteiger partial charge in [0.25, 0.3) is 17.7 Å². The Morgan fingerprint density at radius 3 is 1.96 bits per heavy atom. The van der Waals surface area contributed by atoms with Crippen molar-refractivity contribution in [2.45, 2.75) is 0 Å². The number of halogens is 2. The van der Waals surface area contributed by atoms with Crippen LogP contribution in [-0.4, -0.2) is 17.7 Å². The SMILES string of the molecule is O=C(Nc1ccc(N2C(=O)c3ccccc3C2=O)cc1)c1ccc(F)c(F)c1. The minimum absolute atomic E-state index is 0.0386. The van der Waals surface area contributed by atoms with E-state index in [0.29, 0.717) is 22.5 Å². The molecule has 0 fully saturated rings. The molecule has 4 rings (SSSR count). The summed E-state index contributed by atoms with van der Waals surface area (Å²) in [4.78, 5) is 38.2. The van der Waals surface area contributed by atoms with Gasteiger partial charge in [-0.3, -0.25) is 14.4 Å². The number of carbonyl (C=O) groups excluding carboxylic acids is 3. The zero-order valence-electron chi connectivity index (χ0n) is 14.3. The summed E-state index contributed by atoms with van der Waals surface area (Å²) >= 11 is 0. The molecule has 0 spiro atoms. The molecule has 3 amide bonds. The minimum atomic E-state index is -1.12. The second-order valence-electron chi connectivity index (χ2n) is 6.12. The smallest absolute Gasteiger partial charge is 0.266 e. The highest BCUT2D eigenvalue weighted by atomic mass is 19.2. The summed E-state index contributed by atoms with van der Waals surface area (Å²) in [7, 11) is 0. The quantitative estimate of drug-likeness (QED) is 0.700. The maximum absolute atomic E-state index is 13.3. The number of hydrogen-bond donors (Lipinski definition) is 1. The van der Waals surface area contributed by atoms with E-state index in [0.717, 1.165) is 17.0 Å².